The SMILES string of the molecule is CN=C(NCc1ccccc1-n1nc(C)cc1C)N1CCN(c2ccccn2)CC1. The molecule has 156 valence electrons. The van der Waals surface area contributed by atoms with Gasteiger partial charge in [-0.1, -0.05) is 24.3 Å². The summed E-state index contributed by atoms with van der Waals surface area (Å²) in [4.78, 5) is 13.6. The number of benzene rings is 1. The number of rotatable bonds is 4. The van der Waals surface area contributed by atoms with E-state index in [4.69, 9.17) is 0 Å². The summed E-state index contributed by atoms with van der Waals surface area (Å²) in [5.41, 5.74) is 4.45. The lowest BCUT2D eigenvalue weighted by Gasteiger charge is -2.37. The highest BCUT2D eigenvalue weighted by Gasteiger charge is 2.20. The lowest BCUT2D eigenvalue weighted by atomic mass is 10.1. The Hall–Kier alpha value is -3.35. The van der Waals surface area contributed by atoms with Crippen LogP contribution in [0.15, 0.2) is 59.7 Å². The summed E-state index contributed by atoms with van der Waals surface area (Å²) in [6.45, 7) is 8.49. The number of aliphatic imine (C=N–C) groups is 1. The van der Waals surface area contributed by atoms with E-state index in [2.05, 4.69) is 73.5 Å². The van der Waals surface area contributed by atoms with Crippen molar-refractivity contribution >= 4 is 11.8 Å². The lowest BCUT2D eigenvalue weighted by molar-refractivity contribution is 0.371. The van der Waals surface area contributed by atoms with Gasteiger partial charge in [-0.3, -0.25) is 4.99 Å². The van der Waals surface area contributed by atoms with Crippen LogP contribution in [0, 0.1) is 13.8 Å². The van der Waals surface area contributed by atoms with Gasteiger partial charge in [-0.2, -0.15) is 5.10 Å². The molecule has 0 spiro atoms. The van der Waals surface area contributed by atoms with Crippen molar-refractivity contribution in [2.24, 2.45) is 4.99 Å². The molecule has 3 aromatic rings. The average Bonchev–Trinajstić information content (AvgIpc) is 3.13. The number of aromatic nitrogens is 3. The first-order valence-electron chi connectivity index (χ1n) is 10.4. The second kappa shape index (κ2) is 8.98. The molecule has 4 rings (SSSR count). The van der Waals surface area contributed by atoms with Crippen LogP contribution in [0.3, 0.4) is 0 Å². The predicted octanol–water partition coefficient (Wildman–Crippen LogP) is 2.78. The molecule has 1 fully saturated rings. The quantitative estimate of drug-likeness (QED) is 0.536. The number of anilines is 1. The van der Waals surface area contributed by atoms with Gasteiger partial charge in [0.25, 0.3) is 0 Å². The number of piperazine rings is 1. The van der Waals surface area contributed by atoms with Crippen molar-refractivity contribution in [1.82, 2.24) is 25.0 Å². The Balaban J connectivity index is 1.41. The minimum Gasteiger partial charge on any atom is -0.353 e. The molecule has 1 N–H and O–H groups in total. The predicted molar refractivity (Wildman–Crippen MR) is 121 cm³/mol. The van der Waals surface area contributed by atoms with Crippen molar-refractivity contribution in [2.45, 2.75) is 20.4 Å². The lowest BCUT2D eigenvalue weighted by Crippen LogP contribution is -2.52. The molecule has 0 saturated carbocycles. The second-order valence-electron chi connectivity index (χ2n) is 7.53. The molecular weight excluding hydrogens is 374 g/mol. The fraction of sp³-hybridized carbons (Fsp3) is 0.348. The number of pyridine rings is 1. The first kappa shape index (κ1) is 19.9. The molecule has 0 aliphatic carbocycles. The molecule has 1 aromatic carbocycles. The number of hydrogen-bond acceptors (Lipinski definition) is 4. The molecule has 0 atom stereocenters. The largest absolute Gasteiger partial charge is 0.353 e. The van der Waals surface area contributed by atoms with Crippen molar-refractivity contribution in [2.75, 3.05) is 38.1 Å². The Morgan fingerprint density at radius 3 is 2.47 bits per heavy atom. The highest BCUT2D eigenvalue weighted by molar-refractivity contribution is 5.80. The van der Waals surface area contributed by atoms with E-state index in [1.807, 2.05) is 37.0 Å². The molecule has 1 aliphatic rings. The number of hydrogen-bond donors (Lipinski definition) is 1. The maximum atomic E-state index is 4.65. The highest BCUT2D eigenvalue weighted by atomic mass is 15.4. The van der Waals surface area contributed by atoms with Crippen molar-refractivity contribution < 1.29 is 0 Å². The normalized spacial score (nSPS) is 14.8. The fourth-order valence-electron chi connectivity index (χ4n) is 3.93. The third kappa shape index (κ3) is 4.30. The number of guanidine groups is 1. The first-order chi connectivity index (χ1) is 14.7. The monoisotopic (exact) mass is 403 g/mol. The van der Waals surface area contributed by atoms with Crippen LogP contribution in [0.4, 0.5) is 5.82 Å². The van der Waals surface area contributed by atoms with E-state index in [1.165, 1.54) is 5.56 Å². The van der Waals surface area contributed by atoms with Gasteiger partial charge in [-0.25, -0.2) is 9.67 Å². The number of nitrogens with one attached hydrogen (secondary N) is 1. The minimum atomic E-state index is 0.696. The number of aryl methyl sites for hydroxylation is 2. The van der Waals surface area contributed by atoms with Gasteiger partial charge in [-0.05, 0) is 43.7 Å². The zero-order valence-corrected chi connectivity index (χ0v) is 17.9. The summed E-state index contributed by atoms with van der Waals surface area (Å²) in [6.07, 6.45) is 1.85. The Morgan fingerprint density at radius 2 is 1.80 bits per heavy atom. The van der Waals surface area contributed by atoms with Crippen molar-refractivity contribution in [3.8, 4) is 5.69 Å². The Kier molecular flexibility index (Phi) is 5.97. The van der Waals surface area contributed by atoms with E-state index in [0.717, 1.165) is 55.0 Å². The fourth-order valence-corrected chi connectivity index (χ4v) is 3.93. The summed E-state index contributed by atoms with van der Waals surface area (Å²) in [5.74, 6) is 1.97. The average molecular weight is 404 g/mol. The summed E-state index contributed by atoms with van der Waals surface area (Å²) in [6, 6.07) is 16.5. The van der Waals surface area contributed by atoms with Crippen LogP contribution >= 0.6 is 0 Å². The zero-order valence-electron chi connectivity index (χ0n) is 17.9. The van der Waals surface area contributed by atoms with Crippen molar-refractivity contribution in [3.63, 3.8) is 0 Å². The smallest absolute Gasteiger partial charge is 0.194 e. The van der Waals surface area contributed by atoms with Crippen molar-refractivity contribution in [3.05, 3.63) is 71.7 Å². The van der Waals surface area contributed by atoms with Gasteiger partial charge in [0.15, 0.2) is 5.96 Å². The van der Waals surface area contributed by atoms with Gasteiger partial charge in [0.05, 0.1) is 11.4 Å². The summed E-state index contributed by atoms with van der Waals surface area (Å²) in [7, 11) is 1.85. The van der Waals surface area contributed by atoms with Gasteiger partial charge in [-0.15, -0.1) is 0 Å². The van der Waals surface area contributed by atoms with Crippen LogP contribution in [0.2, 0.25) is 0 Å². The summed E-state index contributed by atoms with van der Waals surface area (Å²) >= 11 is 0. The third-order valence-corrected chi connectivity index (χ3v) is 5.43. The maximum absolute atomic E-state index is 4.65. The molecule has 1 saturated heterocycles. The van der Waals surface area contributed by atoms with Crippen LogP contribution in [-0.4, -0.2) is 58.9 Å². The Morgan fingerprint density at radius 1 is 1.03 bits per heavy atom. The standard InChI is InChI=1S/C23H29N7/c1-18-16-19(2)30(27-18)21-9-5-4-8-20(21)17-26-23(24-3)29-14-12-28(13-15-29)22-10-6-7-11-25-22/h4-11,16H,12-15,17H2,1-3H3,(H,24,26). The second-order valence-corrected chi connectivity index (χ2v) is 7.53. The molecule has 0 amide bonds. The maximum Gasteiger partial charge on any atom is 0.194 e. The number of nitrogens with zero attached hydrogens (tertiary/aromatic N) is 6. The molecule has 1 aliphatic heterocycles. The molecule has 3 heterocycles. The summed E-state index contributed by atoms with van der Waals surface area (Å²) in [5, 5.41) is 8.20. The molecule has 7 heteroatoms. The minimum absolute atomic E-state index is 0.696. The Labute approximate surface area is 178 Å². The zero-order chi connectivity index (χ0) is 20.9. The third-order valence-electron chi connectivity index (χ3n) is 5.43. The van der Waals surface area contributed by atoms with Crippen LogP contribution in [0.5, 0.6) is 0 Å². The summed E-state index contributed by atoms with van der Waals surface area (Å²) < 4.78 is 2.01. The van der Waals surface area contributed by atoms with E-state index >= 15 is 0 Å². The van der Waals surface area contributed by atoms with E-state index in [9.17, 15) is 0 Å². The molecule has 0 bridgehead atoms. The van der Waals surface area contributed by atoms with Gasteiger partial charge in [0.1, 0.15) is 5.82 Å². The van der Waals surface area contributed by atoms with Gasteiger partial charge in [0.2, 0.25) is 0 Å². The molecule has 7 nitrogen and oxygen atoms in total. The molecule has 0 radical (unpaired) electrons. The topological polar surface area (TPSA) is 61.6 Å². The molecular formula is C23H29N7. The van der Waals surface area contributed by atoms with Crippen LogP contribution < -0.4 is 10.2 Å². The molecule has 2 aromatic heterocycles. The van der Waals surface area contributed by atoms with E-state index in [0.29, 0.717) is 6.54 Å². The van der Waals surface area contributed by atoms with Crippen LogP contribution in [0.25, 0.3) is 5.69 Å². The van der Waals surface area contributed by atoms with Gasteiger partial charge >= 0.3 is 0 Å². The Bertz CT molecular complexity index is 1000. The van der Waals surface area contributed by atoms with Crippen molar-refractivity contribution in [1.29, 1.82) is 0 Å². The highest BCUT2D eigenvalue weighted by Crippen LogP contribution is 2.17. The van der Waals surface area contributed by atoms with E-state index in [-0.39, 0.29) is 0 Å². The van der Waals surface area contributed by atoms with Crippen LogP contribution in [-0.2, 0) is 6.54 Å². The molecule has 0 unspecified atom stereocenters. The van der Waals surface area contributed by atoms with E-state index in [1.54, 1.807) is 0 Å². The van der Waals surface area contributed by atoms with Gasteiger partial charge in [0, 0.05) is 51.7 Å². The number of para-hydroxylation sites is 1. The molecule has 30 heavy (non-hydrogen) atoms. The van der Waals surface area contributed by atoms with E-state index < -0.39 is 0 Å². The van der Waals surface area contributed by atoms with Gasteiger partial charge < -0.3 is 15.1 Å². The first-order valence-corrected chi connectivity index (χ1v) is 10.4. The van der Waals surface area contributed by atoms with Crippen LogP contribution in [0.1, 0.15) is 17.0 Å².